The Morgan fingerprint density at radius 3 is 2.49 bits per heavy atom. The fraction of sp³-hybridized carbons (Fsp3) is 0.643. The maximum absolute atomic E-state index is 12.6. The summed E-state index contributed by atoms with van der Waals surface area (Å²) in [6.45, 7) is 4.58. The Kier molecular flexibility index (Phi) is 13.0. The van der Waals surface area contributed by atoms with Gasteiger partial charge in [0, 0.05) is 29.1 Å². The number of carbonyl (C=O) groups is 2. The van der Waals surface area contributed by atoms with E-state index in [0.29, 0.717) is 30.0 Å². The van der Waals surface area contributed by atoms with E-state index in [4.69, 9.17) is 0 Å². The number of allylic oxidation sites excluding steroid dienone is 2. The summed E-state index contributed by atoms with van der Waals surface area (Å²) in [5.41, 5.74) is -0.753. The lowest BCUT2D eigenvalue weighted by atomic mass is 9.89. The monoisotopic (exact) mass is 647 g/mol. The summed E-state index contributed by atoms with van der Waals surface area (Å²) < 4.78 is 25.9. The summed E-state index contributed by atoms with van der Waals surface area (Å²) >= 11 is 5.07. The zero-order chi connectivity index (χ0) is 29.4. The highest BCUT2D eigenvalue weighted by Crippen LogP contribution is 2.36. The van der Waals surface area contributed by atoms with E-state index in [0.717, 1.165) is 16.5 Å². The van der Waals surface area contributed by atoms with Gasteiger partial charge in [-0.1, -0.05) is 45.1 Å². The topological polar surface area (TPSA) is 132 Å². The molecule has 1 aromatic rings. The molecular formula is C28H42BrNO7S2. The van der Waals surface area contributed by atoms with Crippen LogP contribution >= 0.6 is 27.3 Å². The van der Waals surface area contributed by atoms with Crippen LogP contribution in [-0.4, -0.2) is 70.8 Å². The van der Waals surface area contributed by atoms with Crippen LogP contribution in [0, 0.1) is 17.3 Å². The highest BCUT2D eigenvalue weighted by atomic mass is 79.9. The minimum atomic E-state index is -3.86. The van der Waals surface area contributed by atoms with E-state index in [1.165, 1.54) is 4.88 Å². The molecule has 1 fully saturated rings. The van der Waals surface area contributed by atoms with Crippen molar-refractivity contribution in [2.24, 2.45) is 17.3 Å². The molecule has 0 bridgehead atoms. The zero-order valence-electron chi connectivity index (χ0n) is 23.1. The fourth-order valence-electron chi connectivity index (χ4n) is 4.46. The molecule has 1 heterocycles. The van der Waals surface area contributed by atoms with Crippen LogP contribution in [0.1, 0.15) is 64.2 Å². The maximum atomic E-state index is 12.6. The van der Waals surface area contributed by atoms with E-state index in [2.05, 4.69) is 15.9 Å². The molecule has 1 saturated carbocycles. The molecule has 0 aliphatic heterocycles. The van der Waals surface area contributed by atoms with Crippen molar-refractivity contribution in [1.82, 2.24) is 4.31 Å². The molecule has 0 radical (unpaired) electrons. The molecule has 1 aliphatic carbocycles. The minimum absolute atomic E-state index is 0.00865. The Morgan fingerprint density at radius 2 is 1.90 bits per heavy atom. The van der Waals surface area contributed by atoms with Gasteiger partial charge in [0.05, 0.1) is 34.9 Å². The van der Waals surface area contributed by atoms with Crippen molar-refractivity contribution < 1.29 is 33.3 Å². The van der Waals surface area contributed by atoms with E-state index in [1.807, 2.05) is 30.4 Å². The number of aliphatic hydroxyl groups is 3. The number of aliphatic hydroxyl groups excluding tert-OH is 3. The lowest BCUT2D eigenvalue weighted by Crippen LogP contribution is -2.42. The Bertz CT molecular complexity index is 1120. The molecule has 5 atom stereocenters. The van der Waals surface area contributed by atoms with Crippen molar-refractivity contribution in [2.75, 3.05) is 12.8 Å². The summed E-state index contributed by atoms with van der Waals surface area (Å²) in [6, 6.07) is 4.01. The summed E-state index contributed by atoms with van der Waals surface area (Å²) in [4.78, 5) is 26.0. The minimum Gasteiger partial charge on any atom is -0.393 e. The lowest BCUT2D eigenvalue weighted by Gasteiger charge is -2.24. The maximum Gasteiger partial charge on any atom is 0.236 e. The van der Waals surface area contributed by atoms with E-state index >= 15 is 0 Å². The van der Waals surface area contributed by atoms with Gasteiger partial charge >= 0.3 is 0 Å². The van der Waals surface area contributed by atoms with Crippen molar-refractivity contribution in [3.63, 3.8) is 0 Å². The van der Waals surface area contributed by atoms with Gasteiger partial charge in [0.25, 0.3) is 0 Å². The van der Waals surface area contributed by atoms with E-state index < -0.39 is 46.2 Å². The molecule has 0 unspecified atom stereocenters. The SMILES string of the molecule is CC(C)(C)C(=O)CN(C(=O)CCC/C=C\C[C@@H]1[C@@H](/C=C/[C@@H](O)CCc2ccc(Br)s2)[C@H](O)C[C@@H]1O)S(C)(=O)=O. The number of aryl methyl sites for hydroxylation is 1. The molecule has 1 aromatic heterocycles. The van der Waals surface area contributed by atoms with E-state index in [-0.39, 0.29) is 30.5 Å². The second-order valence-electron chi connectivity index (χ2n) is 11.2. The molecule has 2 rings (SSSR count). The Balaban J connectivity index is 1.84. The number of nitrogens with zero attached hydrogens (tertiary/aromatic N) is 1. The molecule has 0 spiro atoms. The lowest BCUT2D eigenvalue weighted by molar-refractivity contribution is -0.133. The van der Waals surface area contributed by atoms with Gasteiger partial charge in [-0.25, -0.2) is 12.7 Å². The smallest absolute Gasteiger partial charge is 0.236 e. The largest absolute Gasteiger partial charge is 0.393 e. The van der Waals surface area contributed by atoms with Gasteiger partial charge in [-0.3, -0.25) is 9.59 Å². The average molecular weight is 649 g/mol. The molecule has 0 saturated heterocycles. The van der Waals surface area contributed by atoms with Gasteiger partial charge < -0.3 is 15.3 Å². The van der Waals surface area contributed by atoms with Crippen molar-refractivity contribution in [3.05, 3.63) is 45.1 Å². The standard InChI is InChI=1S/C28H42BrNO7S2/c1-28(2,3)25(34)18-30(39(4,36)37)27(35)10-8-6-5-7-9-21-22(24(33)17-23(21)32)15-12-19(31)11-13-20-14-16-26(29)38-20/h5,7,12,14-16,19,21-24,31-33H,6,8-11,13,17-18H2,1-4H3/b7-5-,15-12+/t19-,21+,22+,23-,24+/m0/s1. The van der Waals surface area contributed by atoms with Gasteiger partial charge in [-0.15, -0.1) is 11.3 Å². The van der Waals surface area contributed by atoms with Crippen LogP contribution in [-0.2, 0) is 26.0 Å². The number of ketones is 1. The Labute approximate surface area is 245 Å². The molecule has 8 nitrogen and oxygen atoms in total. The highest BCUT2D eigenvalue weighted by molar-refractivity contribution is 9.11. The number of sulfonamides is 1. The van der Waals surface area contributed by atoms with Crippen molar-refractivity contribution in [2.45, 2.75) is 84.0 Å². The number of thiophene rings is 1. The third kappa shape index (κ3) is 11.2. The Hall–Kier alpha value is -1.37. The molecule has 220 valence electrons. The molecule has 11 heteroatoms. The molecule has 0 aromatic carbocycles. The Morgan fingerprint density at radius 1 is 1.21 bits per heavy atom. The van der Waals surface area contributed by atoms with Gasteiger partial charge in [0.2, 0.25) is 15.9 Å². The van der Waals surface area contributed by atoms with Crippen LogP contribution in [0.3, 0.4) is 0 Å². The molecule has 3 N–H and O–H groups in total. The number of Topliss-reactive ketones (excluding diaryl/α,β-unsaturated/α-hetero) is 1. The van der Waals surface area contributed by atoms with Gasteiger partial charge in [0.15, 0.2) is 5.78 Å². The van der Waals surface area contributed by atoms with Gasteiger partial charge in [0.1, 0.15) is 0 Å². The second-order valence-corrected chi connectivity index (χ2v) is 15.7. The van der Waals surface area contributed by atoms with Crippen LogP contribution < -0.4 is 0 Å². The van der Waals surface area contributed by atoms with E-state index in [9.17, 15) is 33.3 Å². The second kappa shape index (κ2) is 15.0. The third-order valence-electron chi connectivity index (χ3n) is 6.93. The number of hydrogen-bond acceptors (Lipinski definition) is 8. The summed E-state index contributed by atoms with van der Waals surface area (Å²) in [5.74, 6) is -1.40. The summed E-state index contributed by atoms with van der Waals surface area (Å²) in [5, 5.41) is 31.3. The van der Waals surface area contributed by atoms with Crippen LogP contribution in [0.2, 0.25) is 0 Å². The van der Waals surface area contributed by atoms with Gasteiger partial charge in [-0.2, -0.15) is 0 Å². The van der Waals surface area contributed by atoms with E-state index in [1.54, 1.807) is 38.2 Å². The number of hydrogen-bond donors (Lipinski definition) is 3. The van der Waals surface area contributed by atoms with Crippen molar-refractivity contribution in [1.29, 1.82) is 0 Å². The summed E-state index contributed by atoms with van der Waals surface area (Å²) in [7, 11) is -3.86. The molecule has 1 amide bonds. The first-order valence-corrected chi connectivity index (χ1v) is 16.7. The number of unbranched alkanes of at least 4 members (excludes halogenated alkanes) is 1. The molecule has 1 aliphatic rings. The van der Waals surface area contributed by atoms with Crippen LogP contribution in [0.25, 0.3) is 0 Å². The normalized spacial score (nSPS) is 23.1. The first-order chi connectivity index (χ1) is 18.1. The number of amides is 1. The first kappa shape index (κ1) is 33.8. The first-order valence-electron chi connectivity index (χ1n) is 13.2. The third-order valence-corrected chi connectivity index (χ3v) is 9.74. The molecule has 39 heavy (non-hydrogen) atoms. The van der Waals surface area contributed by atoms with Crippen molar-refractivity contribution in [3.8, 4) is 0 Å². The fourth-order valence-corrected chi connectivity index (χ4v) is 6.77. The average Bonchev–Trinajstić information content (AvgIpc) is 3.36. The predicted molar refractivity (Wildman–Crippen MR) is 158 cm³/mol. The van der Waals surface area contributed by atoms with Crippen LogP contribution in [0.15, 0.2) is 40.2 Å². The molecular weight excluding hydrogens is 606 g/mol. The van der Waals surface area contributed by atoms with Crippen LogP contribution in [0.4, 0.5) is 0 Å². The zero-order valence-corrected chi connectivity index (χ0v) is 26.3. The van der Waals surface area contributed by atoms with Crippen molar-refractivity contribution >= 4 is 49.0 Å². The quantitative estimate of drug-likeness (QED) is 0.203. The predicted octanol–water partition coefficient (Wildman–Crippen LogP) is 4.24. The number of halogens is 1. The number of rotatable bonds is 14. The summed E-state index contributed by atoms with van der Waals surface area (Å²) in [6.07, 6.45) is 9.28. The van der Waals surface area contributed by atoms with Gasteiger partial charge in [-0.05, 0) is 66.1 Å². The highest BCUT2D eigenvalue weighted by Gasteiger charge is 2.39. The number of carbonyl (C=O) groups excluding carboxylic acids is 2. The van der Waals surface area contributed by atoms with Crippen LogP contribution in [0.5, 0.6) is 0 Å².